The lowest BCUT2D eigenvalue weighted by Gasteiger charge is -2.12. The Bertz CT molecular complexity index is 775. The van der Waals surface area contributed by atoms with E-state index in [-0.39, 0.29) is 16.6 Å². The number of carbonyl (C=O) groups is 1. The smallest absolute Gasteiger partial charge is 0.269 e. The molecule has 0 atom stereocenters. The van der Waals surface area contributed by atoms with Crippen molar-refractivity contribution in [3.63, 3.8) is 0 Å². The summed E-state index contributed by atoms with van der Waals surface area (Å²) in [5.41, 5.74) is 1.03. The highest BCUT2D eigenvalue weighted by Gasteiger charge is 2.20. The first kappa shape index (κ1) is 17.2. The molecule has 0 radical (unpaired) electrons. The topological polar surface area (TPSA) is 81.1 Å². The molecule has 6 nitrogen and oxygen atoms in total. The molecule has 1 amide bonds. The first-order valence-electron chi connectivity index (χ1n) is 7.56. The standard InChI is InChI=1S/C16H21N3O3S/c1-4-13(5-2)19-11-10-15(17-19)16(20)18-23(21,22)14-8-6-12(3)7-9-14/h6-11,13H,4-5H2,1-3H3,(H,18,20). The van der Waals surface area contributed by atoms with Gasteiger partial charge in [-0.15, -0.1) is 0 Å². The van der Waals surface area contributed by atoms with E-state index in [2.05, 4.69) is 9.82 Å². The number of hydrogen-bond acceptors (Lipinski definition) is 4. The normalized spacial score (nSPS) is 11.7. The van der Waals surface area contributed by atoms with Crippen LogP contribution in [0, 0.1) is 6.92 Å². The summed E-state index contributed by atoms with van der Waals surface area (Å²) in [5.74, 6) is -0.727. The van der Waals surface area contributed by atoms with Gasteiger partial charge in [0.2, 0.25) is 0 Å². The number of nitrogens with zero attached hydrogens (tertiary/aromatic N) is 2. The fourth-order valence-electron chi connectivity index (χ4n) is 2.28. The monoisotopic (exact) mass is 335 g/mol. The average molecular weight is 335 g/mol. The maximum atomic E-state index is 12.2. The van der Waals surface area contributed by atoms with Gasteiger partial charge < -0.3 is 0 Å². The third-order valence-corrected chi connectivity index (χ3v) is 5.06. The van der Waals surface area contributed by atoms with E-state index in [0.717, 1.165) is 18.4 Å². The van der Waals surface area contributed by atoms with Gasteiger partial charge in [-0.3, -0.25) is 9.48 Å². The highest BCUT2D eigenvalue weighted by Crippen LogP contribution is 2.15. The average Bonchev–Trinajstić information content (AvgIpc) is 2.98. The van der Waals surface area contributed by atoms with E-state index in [1.54, 1.807) is 23.0 Å². The molecule has 1 N–H and O–H groups in total. The summed E-state index contributed by atoms with van der Waals surface area (Å²) in [5, 5.41) is 4.18. The highest BCUT2D eigenvalue weighted by molar-refractivity contribution is 7.90. The quantitative estimate of drug-likeness (QED) is 0.880. The Labute approximate surface area is 136 Å². The fraction of sp³-hybridized carbons (Fsp3) is 0.375. The predicted molar refractivity (Wildman–Crippen MR) is 87.7 cm³/mol. The summed E-state index contributed by atoms with van der Waals surface area (Å²) < 4.78 is 28.2. The Balaban J connectivity index is 2.17. The molecule has 0 fully saturated rings. The first-order valence-corrected chi connectivity index (χ1v) is 9.04. The molecule has 124 valence electrons. The number of hydrogen-bond donors (Lipinski definition) is 1. The van der Waals surface area contributed by atoms with Gasteiger partial charge in [0.15, 0.2) is 5.69 Å². The van der Waals surface area contributed by atoms with Gasteiger partial charge in [-0.2, -0.15) is 5.10 Å². The van der Waals surface area contributed by atoms with Crippen molar-refractivity contribution < 1.29 is 13.2 Å². The molecule has 2 aromatic rings. The maximum Gasteiger partial charge on any atom is 0.285 e. The van der Waals surface area contributed by atoms with E-state index in [0.29, 0.717) is 0 Å². The van der Waals surface area contributed by atoms with Crippen LogP contribution in [0.25, 0.3) is 0 Å². The zero-order chi connectivity index (χ0) is 17.0. The molecule has 0 saturated carbocycles. The number of benzene rings is 1. The number of sulfonamides is 1. The zero-order valence-corrected chi connectivity index (χ0v) is 14.3. The molecule has 1 aromatic heterocycles. The van der Waals surface area contributed by atoms with Crippen LogP contribution in [0.15, 0.2) is 41.4 Å². The number of amides is 1. The van der Waals surface area contributed by atoms with Gasteiger partial charge in [0.05, 0.1) is 10.9 Å². The molecule has 23 heavy (non-hydrogen) atoms. The third kappa shape index (κ3) is 3.98. The minimum Gasteiger partial charge on any atom is -0.269 e. The Morgan fingerprint density at radius 3 is 2.35 bits per heavy atom. The Kier molecular flexibility index (Phi) is 5.20. The second-order valence-electron chi connectivity index (χ2n) is 5.40. The van der Waals surface area contributed by atoms with Crippen LogP contribution >= 0.6 is 0 Å². The van der Waals surface area contributed by atoms with Gasteiger partial charge in [-0.05, 0) is 38.0 Å². The fourth-order valence-corrected chi connectivity index (χ4v) is 3.24. The summed E-state index contributed by atoms with van der Waals surface area (Å²) in [6.45, 7) is 5.94. The lowest BCUT2D eigenvalue weighted by Crippen LogP contribution is -2.31. The van der Waals surface area contributed by atoms with Crippen molar-refractivity contribution in [1.82, 2.24) is 14.5 Å². The number of aromatic nitrogens is 2. The molecule has 0 aliphatic heterocycles. The largest absolute Gasteiger partial charge is 0.285 e. The van der Waals surface area contributed by atoms with Crippen LogP contribution in [-0.4, -0.2) is 24.1 Å². The summed E-state index contributed by atoms with van der Waals surface area (Å²) in [7, 11) is -3.90. The molecule has 0 saturated heterocycles. The van der Waals surface area contributed by atoms with E-state index in [1.807, 2.05) is 20.8 Å². The second-order valence-corrected chi connectivity index (χ2v) is 7.08. The van der Waals surface area contributed by atoms with Crippen LogP contribution in [0.5, 0.6) is 0 Å². The van der Waals surface area contributed by atoms with E-state index in [1.165, 1.54) is 18.2 Å². The Morgan fingerprint density at radius 2 is 1.78 bits per heavy atom. The second kappa shape index (κ2) is 6.95. The maximum absolute atomic E-state index is 12.2. The molecule has 0 aliphatic carbocycles. The number of rotatable bonds is 6. The minimum atomic E-state index is -3.90. The van der Waals surface area contributed by atoms with Crippen LogP contribution < -0.4 is 4.72 Å². The third-order valence-electron chi connectivity index (χ3n) is 3.72. The molecule has 7 heteroatoms. The molecular weight excluding hydrogens is 314 g/mol. The predicted octanol–water partition coefficient (Wildman–Crippen LogP) is 2.67. The van der Waals surface area contributed by atoms with Gasteiger partial charge in [0.1, 0.15) is 0 Å². The molecule has 1 aromatic carbocycles. The highest BCUT2D eigenvalue weighted by atomic mass is 32.2. The van der Waals surface area contributed by atoms with Gasteiger partial charge in [-0.1, -0.05) is 31.5 Å². The van der Waals surface area contributed by atoms with Crippen molar-refractivity contribution >= 4 is 15.9 Å². The van der Waals surface area contributed by atoms with Crippen LogP contribution in [0.3, 0.4) is 0 Å². The van der Waals surface area contributed by atoms with Gasteiger partial charge in [0.25, 0.3) is 15.9 Å². The molecule has 1 heterocycles. The zero-order valence-electron chi connectivity index (χ0n) is 13.5. The van der Waals surface area contributed by atoms with Crippen LogP contribution in [0.1, 0.15) is 48.8 Å². The van der Waals surface area contributed by atoms with Gasteiger partial charge in [0, 0.05) is 6.20 Å². The summed E-state index contributed by atoms with van der Waals surface area (Å²) in [6.07, 6.45) is 3.48. The van der Waals surface area contributed by atoms with E-state index in [4.69, 9.17) is 0 Å². The van der Waals surface area contributed by atoms with Crippen molar-refractivity contribution in [3.8, 4) is 0 Å². The number of aryl methyl sites for hydroxylation is 1. The number of carbonyl (C=O) groups excluding carboxylic acids is 1. The first-order chi connectivity index (χ1) is 10.9. The Hall–Kier alpha value is -2.15. The van der Waals surface area contributed by atoms with Gasteiger partial charge in [-0.25, -0.2) is 13.1 Å². The molecular formula is C16H21N3O3S. The minimum absolute atomic E-state index is 0.0517. The van der Waals surface area contributed by atoms with Crippen molar-refractivity contribution in [2.24, 2.45) is 0 Å². The SMILES string of the molecule is CCC(CC)n1ccc(C(=O)NS(=O)(=O)c2ccc(C)cc2)n1. The lowest BCUT2D eigenvalue weighted by atomic mass is 10.2. The van der Waals surface area contributed by atoms with Crippen molar-refractivity contribution in [2.45, 2.75) is 44.6 Å². The molecule has 2 rings (SSSR count). The van der Waals surface area contributed by atoms with Gasteiger partial charge >= 0.3 is 0 Å². The molecule has 0 aliphatic rings. The van der Waals surface area contributed by atoms with Crippen LogP contribution in [-0.2, 0) is 10.0 Å². The Morgan fingerprint density at radius 1 is 1.17 bits per heavy atom. The molecule has 0 spiro atoms. The van der Waals surface area contributed by atoms with Crippen molar-refractivity contribution in [3.05, 3.63) is 47.8 Å². The van der Waals surface area contributed by atoms with Crippen LogP contribution in [0.4, 0.5) is 0 Å². The lowest BCUT2D eigenvalue weighted by molar-refractivity contribution is 0.0975. The summed E-state index contributed by atoms with van der Waals surface area (Å²) >= 11 is 0. The van der Waals surface area contributed by atoms with E-state index >= 15 is 0 Å². The molecule has 0 unspecified atom stereocenters. The van der Waals surface area contributed by atoms with Crippen molar-refractivity contribution in [2.75, 3.05) is 0 Å². The van der Waals surface area contributed by atoms with E-state index < -0.39 is 15.9 Å². The molecule has 0 bridgehead atoms. The number of nitrogens with one attached hydrogen (secondary N) is 1. The van der Waals surface area contributed by atoms with E-state index in [9.17, 15) is 13.2 Å². The summed E-state index contributed by atoms with van der Waals surface area (Å²) in [4.78, 5) is 12.2. The van der Waals surface area contributed by atoms with Crippen molar-refractivity contribution in [1.29, 1.82) is 0 Å². The van der Waals surface area contributed by atoms with Crippen LogP contribution in [0.2, 0.25) is 0 Å². The summed E-state index contributed by atoms with van der Waals surface area (Å²) in [6, 6.07) is 8.02.